The number of hydrogen-bond acceptors (Lipinski definition) is 7. The molecule has 0 aromatic heterocycles. The number of amides is 1. The Hall–Kier alpha value is -3.34. The molecule has 0 spiro atoms. The van der Waals surface area contributed by atoms with Crippen LogP contribution in [0.5, 0.6) is 0 Å². The minimum atomic E-state index is -4.48. The highest BCUT2D eigenvalue weighted by molar-refractivity contribution is 5.78. The van der Waals surface area contributed by atoms with Crippen molar-refractivity contribution in [2.24, 2.45) is 29.2 Å². The molecule has 0 aromatic carbocycles. The summed E-state index contributed by atoms with van der Waals surface area (Å²) in [5, 5.41) is 15.9. The van der Waals surface area contributed by atoms with Crippen molar-refractivity contribution in [3.63, 3.8) is 0 Å². The lowest BCUT2D eigenvalue weighted by molar-refractivity contribution is -0.135. The molecule has 0 radical (unpaired) electrons. The highest BCUT2D eigenvalue weighted by Crippen LogP contribution is 2.42. The molecule has 0 saturated heterocycles. The zero-order valence-corrected chi connectivity index (χ0v) is 25.3. The Balaban J connectivity index is 1.83. The van der Waals surface area contributed by atoms with E-state index in [0.29, 0.717) is 24.4 Å². The van der Waals surface area contributed by atoms with Crippen molar-refractivity contribution in [2.75, 3.05) is 27.3 Å². The van der Waals surface area contributed by atoms with E-state index in [1.165, 1.54) is 6.92 Å². The van der Waals surface area contributed by atoms with E-state index < -0.39 is 23.7 Å². The monoisotopic (exact) mass is 593 g/mol. The van der Waals surface area contributed by atoms with Crippen molar-refractivity contribution in [1.29, 1.82) is 0 Å². The van der Waals surface area contributed by atoms with Gasteiger partial charge in [-0.05, 0) is 76.5 Å². The number of carbonyl (C=O) groups excluding carboxylic acids is 1. The molecule has 0 heterocycles. The molecule has 3 unspecified atom stereocenters. The first kappa shape index (κ1) is 33.2. The SMILES string of the molecule is C=C(NC(C)C1CC(N)=CC(C(F)(F)F)=C1C)C1=CC(C2CCC(C(=O)N(C)CCO)CC2)=C(OC)C1N/C=C(\C)N. The third-order valence-corrected chi connectivity index (χ3v) is 8.62. The smallest absolute Gasteiger partial charge is 0.416 e. The van der Waals surface area contributed by atoms with E-state index in [1.54, 1.807) is 32.2 Å². The van der Waals surface area contributed by atoms with E-state index in [0.717, 1.165) is 48.7 Å². The van der Waals surface area contributed by atoms with Crippen molar-refractivity contribution >= 4 is 5.91 Å². The number of rotatable bonds is 11. The molecule has 42 heavy (non-hydrogen) atoms. The Morgan fingerprint density at radius 2 is 1.93 bits per heavy atom. The van der Waals surface area contributed by atoms with Crippen LogP contribution >= 0.6 is 0 Å². The van der Waals surface area contributed by atoms with E-state index in [2.05, 4.69) is 17.2 Å². The van der Waals surface area contributed by atoms with Crippen LogP contribution in [0, 0.1) is 17.8 Å². The summed E-state index contributed by atoms with van der Waals surface area (Å²) < 4.78 is 46.9. The number of likely N-dealkylation sites (N-methyl/N-ethyl adjacent to an activating group) is 1. The van der Waals surface area contributed by atoms with Gasteiger partial charge in [-0.25, -0.2) is 0 Å². The number of nitrogens with two attached hydrogens (primary N) is 2. The fourth-order valence-electron chi connectivity index (χ4n) is 6.33. The highest BCUT2D eigenvalue weighted by atomic mass is 19.4. The van der Waals surface area contributed by atoms with E-state index >= 15 is 0 Å². The Labute approximate surface area is 247 Å². The van der Waals surface area contributed by atoms with Crippen molar-refractivity contribution < 1.29 is 27.8 Å². The molecule has 11 heteroatoms. The molecule has 3 aliphatic rings. The van der Waals surface area contributed by atoms with E-state index in [1.807, 2.05) is 13.0 Å². The number of aliphatic hydroxyl groups excluding tert-OH is 1. The van der Waals surface area contributed by atoms with Crippen LogP contribution in [0.1, 0.15) is 52.9 Å². The molecule has 0 aliphatic heterocycles. The van der Waals surface area contributed by atoms with Crippen LogP contribution in [0.3, 0.4) is 0 Å². The predicted octanol–water partition coefficient (Wildman–Crippen LogP) is 4.10. The first-order valence-electron chi connectivity index (χ1n) is 14.4. The average molecular weight is 594 g/mol. The molecule has 0 aromatic rings. The summed E-state index contributed by atoms with van der Waals surface area (Å²) in [6, 6.07) is -0.785. The topological polar surface area (TPSA) is 126 Å². The zero-order chi connectivity index (χ0) is 31.4. The quantitative estimate of drug-likeness (QED) is 0.244. The summed E-state index contributed by atoms with van der Waals surface area (Å²) in [5.41, 5.74) is 14.6. The number of aliphatic hydroxyl groups is 1. The van der Waals surface area contributed by atoms with Crippen LogP contribution in [0.25, 0.3) is 0 Å². The van der Waals surface area contributed by atoms with Crippen LogP contribution in [-0.2, 0) is 9.53 Å². The molecular formula is C31H46F3N5O3. The molecule has 8 nitrogen and oxygen atoms in total. The van der Waals surface area contributed by atoms with Gasteiger partial charge in [-0.1, -0.05) is 12.2 Å². The van der Waals surface area contributed by atoms with E-state index in [9.17, 15) is 23.1 Å². The van der Waals surface area contributed by atoms with Crippen LogP contribution in [0.4, 0.5) is 13.2 Å². The summed E-state index contributed by atoms with van der Waals surface area (Å²) in [6.07, 6.45) is 3.63. The van der Waals surface area contributed by atoms with Gasteiger partial charge in [-0.2, -0.15) is 13.2 Å². The number of methoxy groups -OCH3 is 1. The Morgan fingerprint density at radius 1 is 1.29 bits per heavy atom. The van der Waals surface area contributed by atoms with Crippen molar-refractivity contribution in [3.8, 4) is 0 Å². The zero-order valence-electron chi connectivity index (χ0n) is 25.3. The third-order valence-electron chi connectivity index (χ3n) is 8.62. The highest BCUT2D eigenvalue weighted by Gasteiger charge is 2.40. The van der Waals surface area contributed by atoms with Crippen LogP contribution in [-0.4, -0.2) is 61.5 Å². The second-order valence-corrected chi connectivity index (χ2v) is 11.7. The van der Waals surface area contributed by atoms with E-state index in [-0.39, 0.29) is 41.7 Å². The van der Waals surface area contributed by atoms with Crippen LogP contribution in [0.15, 0.2) is 70.1 Å². The van der Waals surface area contributed by atoms with Gasteiger partial charge in [0.25, 0.3) is 0 Å². The Bertz CT molecular complexity index is 1190. The maximum Gasteiger partial charge on any atom is 0.416 e. The number of nitrogens with one attached hydrogen (secondary N) is 2. The summed E-state index contributed by atoms with van der Waals surface area (Å²) >= 11 is 0. The number of alkyl halides is 3. The largest absolute Gasteiger partial charge is 0.498 e. The minimum absolute atomic E-state index is 0.0528. The van der Waals surface area contributed by atoms with Gasteiger partial charge < -0.3 is 36.8 Å². The Morgan fingerprint density at radius 3 is 2.48 bits per heavy atom. The first-order chi connectivity index (χ1) is 19.7. The molecule has 234 valence electrons. The number of hydrogen-bond donors (Lipinski definition) is 5. The standard InChI is InChI=1S/C31H46F3N5O3/c1-17(35)16-37-28-25(20(4)38-19(3)24-13-23(36)14-27(18(24)2)31(32,33)34)15-26(29(28)42-6)21-7-9-22(10-8-21)30(41)39(5)11-12-40/h14-16,19,21-22,24,28,37-38,40H,4,7-13,35-36H2,1-3,5-6H3/b17-16+. The summed E-state index contributed by atoms with van der Waals surface area (Å²) in [6.45, 7) is 9.63. The van der Waals surface area contributed by atoms with Gasteiger partial charge in [-0.3, -0.25) is 4.79 Å². The lowest BCUT2D eigenvalue weighted by atomic mass is 9.78. The maximum atomic E-state index is 13.7. The summed E-state index contributed by atoms with van der Waals surface area (Å²) in [7, 11) is 3.33. The third kappa shape index (κ3) is 7.53. The molecule has 7 N–H and O–H groups in total. The van der Waals surface area contributed by atoms with Crippen molar-refractivity contribution in [3.05, 3.63) is 70.1 Å². The van der Waals surface area contributed by atoms with Crippen LogP contribution in [0.2, 0.25) is 0 Å². The molecule has 0 bridgehead atoms. The number of halogens is 3. The van der Waals surface area contributed by atoms with Gasteiger partial charge in [0, 0.05) is 60.3 Å². The fourth-order valence-corrected chi connectivity index (χ4v) is 6.33. The first-order valence-corrected chi connectivity index (χ1v) is 14.4. The van der Waals surface area contributed by atoms with Crippen LogP contribution < -0.4 is 22.1 Å². The van der Waals surface area contributed by atoms with Crippen molar-refractivity contribution in [1.82, 2.24) is 15.5 Å². The lowest BCUT2D eigenvalue weighted by Crippen LogP contribution is -2.39. The number of allylic oxidation sites excluding steroid dienone is 6. The number of ether oxygens (including phenoxy) is 1. The average Bonchev–Trinajstić information content (AvgIpc) is 3.30. The van der Waals surface area contributed by atoms with Gasteiger partial charge in [0.05, 0.1) is 19.3 Å². The predicted molar refractivity (Wildman–Crippen MR) is 158 cm³/mol. The van der Waals surface area contributed by atoms with Gasteiger partial charge >= 0.3 is 6.18 Å². The Kier molecular flexibility index (Phi) is 10.9. The number of carbonyl (C=O) groups is 1. The lowest BCUT2D eigenvalue weighted by Gasteiger charge is -2.33. The van der Waals surface area contributed by atoms with Gasteiger partial charge in [0.15, 0.2) is 0 Å². The maximum absolute atomic E-state index is 13.7. The van der Waals surface area contributed by atoms with Crippen molar-refractivity contribution in [2.45, 2.75) is 71.1 Å². The second kappa shape index (κ2) is 13.8. The summed E-state index contributed by atoms with van der Waals surface area (Å²) in [5.74, 6) is 0.389. The van der Waals surface area contributed by atoms with Gasteiger partial charge in [0.1, 0.15) is 11.8 Å². The second-order valence-electron chi connectivity index (χ2n) is 11.7. The fraction of sp³-hybridized carbons (Fsp3) is 0.581. The van der Waals surface area contributed by atoms with E-state index in [4.69, 9.17) is 16.2 Å². The molecule has 3 rings (SSSR count). The summed E-state index contributed by atoms with van der Waals surface area (Å²) in [4.78, 5) is 14.4. The molecular weight excluding hydrogens is 547 g/mol. The molecule has 3 atom stereocenters. The normalized spacial score (nSPS) is 26.0. The van der Waals surface area contributed by atoms with Gasteiger partial charge in [0.2, 0.25) is 5.91 Å². The molecule has 1 amide bonds. The molecule has 3 aliphatic carbocycles. The molecule has 1 fully saturated rings. The number of nitrogens with zero attached hydrogens (tertiary/aromatic N) is 1. The minimum Gasteiger partial charge on any atom is -0.498 e. The molecule has 1 saturated carbocycles. The van der Waals surface area contributed by atoms with Gasteiger partial charge in [-0.15, -0.1) is 0 Å².